The highest BCUT2D eigenvalue weighted by Crippen LogP contribution is 2.40. The van der Waals surface area contributed by atoms with Gasteiger partial charge in [-0.05, 0) is 83.0 Å². The quantitative estimate of drug-likeness (QED) is 0.502. The van der Waals surface area contributed by atoms with Gasteiger partial charge < -0.3 is 24.9 Å². The number of aliphatic carboxylic acids is 2. The predicted octanol–water partition coefficient (Wildman–Crippen LogP) is 4.64. The molecule has 0 spiro atoms. The molecule has 2 bridgehead atoms. The van der Waals surface area contributed by atoms with Gasteiger partial charge in [-0.25, -0.2) is 9.59 Å². The van der Waals surface area contributed by atoms with Crippen LogP contribution in [-0.2, 0) is 9.59 Å². The Bertz CT molecular complexity index is 1050. The van der Waals surface area contributed by atoms with E-state index in [1.54, 1.807) is 0 Å². The minimum Gasteiger partial charge on any atom is -0.478 e. The summed E-state index contributed by atoms with van der Waals surface area (Å²) in [7, 11) is 2.29. The van der Waals surface area contributed by atoms with E-state index < -0.39 is 11.9 Å². The van der Waals surface area contributed by atoms with Crippen molar-refractivity contribution >= 4 is 29.2 Å². The van der Waals surface area contributed by atoms with Crippen molar-refractivity contribution in [1.29, 1.82) is 0 Å². The Balaban J connectivity index is 0.000000414. The van der Waals surface area contributed by atoms with Crippen LogP contribution < -0.4 is 4.90 Å². The fourth-order valence-corrected chi connectivity index (χ4v) is 5.35. The van der Waals surface area contributed by atoms with Gasteiger partial charge in [-0.15, -0.1) is 0 Å². The van der Waals surface area contributed by atoms with Crippen molar-refractivity contribution in [3.8, 4) is 0 Å². The average Bonchev–Trinajstić information content (AvgIpc) is 3.09. The van der Waals surface area contributed by atoms with Gasteiger partial charge in [0.15, 0.2) is 0 Å². The van der Waals surface area contributed by atoms with Crippen LogP contribution in [0, 0.1) is 0 Å². The molecule has 2 N–H and O–H groups in total. The van der Waals surface area contributed by atoms with Crippen molar-refractivity contribution in [2.24, 2.45) is 0 Å². The molecule has 0 radical (unpaired) electrons. The number of carboxylic acid groups (broad SMARTS) is 2. The minimum absolute atomic E-state index is 0.116. The van der Waals surface area contributed by atoms with Crippen LogP contribution in [0.5, 0.6) is 0 Å². The summed E-state index contributed by atoms with van der Waals surface area (Å²) in [4.78, 5) is 38.8. The summed E-state index contributed by atoms with van der Waals surface area (Å²) in [5, 5.41) is 15.6. The molecule has 2 aliphatic heterocycles. The number of piperidine rings is 1. The highest BCUT2D eigenvalue weighted by molar-refractivity contribution is 5.94. The highest BCUT2D eigenvalue weighted by atomic mass is 16.4. The molecule has 2 saturated heterocycles. The van der Waals surface area contributed by atoms with Gasteiger partial charge in [0, 0.05) is 60.3 Å². The van der Waals surface area contributed by atoms with Crippen LogP contribution in [0.4, 0.5) is 11.4 Å². The van der Waals surface area contributed by atoms with Crippen molar-refractivity contribution in [3.05, 3.63) is 72.3 Å². The number of carboxylic acids is 2. The van der Waals surface area contributed by atoms with Gasteiger partial charge in [-0.3, -0.25) is 4.79 Å². The van der Waals surface area contributed by atoms with E-state index in [0.29, 0.717) is 30.3 Å². The number of hydrogen-bond donors (Lipinski definition) is 2. The maximum absolute atomic E-state index is 12.7. The first kappa shape index (κ1) is 27.9. The van der Waals surface area contributed by atoms with Crippen molar-refractivity contribution < 1.29 is 24.6 Å². The average molecular weight is 508 g/mol. The number of para-hydroxylation sites is 1. The van der Waals surface area contributed by atoms with Crippen LogP contribution in [0.2, 0.25) is 0 Å². The number of hydrogen-bond acceptors (Lipinski definition) is 5. The lowest BCUT2D eigenvalue weighted by atomic mass is 9.95. The molecule has 2 aromatic rings. The van der Waals surface area contributed by atoms with Crippen LogP contribution in [0.3, 0.4) is 0 Å². The molecule has 2 heterocycles. The fraction of sp³-hybridized carbons (Fsp3) is 0.414. The Morgan fingerprint density at radius 2 is 1.32 bits per heavy atom. The van der Waals surface area contributed by atoms with Crippen molar-refractivity contribution in [3.63, 3.8) is 0 Å². The lowest BCUT2D eigenvalue weighted by Gasteiger charge is -2.43. The van der Waals surface area contributed by atoms with Crippen LogP contribution in [0.15, 0.2) is 66.7 Å². The lowest BCUT2D eigenvalue weighted by Crippen LogP contribution is -2.47. The smallest absolute Gasteiger partial charge is 0.328 e. The van der Waals surface area contributed by atoms with Crippen molar-refractivity contribution in [2.75, 3.05) is 25.0 Å². The Morgan fingerprint density at radius 3 is 1.78 bits per heavy atom. The van der Waals surface area contributed by atoms with Gasteiger partial charge in [0.25, 0.3) is 5.91 Å². The summed E-state index contributed by atoms with van der Waals surface area (Å²) in [6.45, 7) is 5.54. The first-order valence-electron chi connectivity index (χ1n) is 12.8. The standard InChI is InChI=1S/C25H33N3O.C4H4O4/c1-4-27(5-2)25(29)19-11-13-21(14-12-19)28(20-9-7-6-8-10-20)24-17-22-15-16-23(18-24)26(22)3;5-3(6)1-2-4(7)8/h6-14,22-24H,4-5,15-18H2,1-3H3;1-2H,(H,5,6)(H,7,8)/b;2-1+/t22-,23+,24+;. The summed E-state index contributed by atoms with van der Waals surface area (Å²) in [5.74, 6) is -2.40. The second-order valence-corrected chi connectivity index (χ2v) is 9.42. The number of carbonyl (C=O) groups excluding carboxylic acids is 1. The number of benzene rings is 2. The van der Waals surface area contributed by atoms with E-state index in [1.165, 1.54) is 37.1 Å². The summed E-state index contributed by atoms with van der Waals surface area (Å²) in [5.41, 5.74) is 3.19. The third kappa shape index (κ3) is 7.20. The minimum atomic E-state index is -1.26. The Morgan fingerprint density at radius 1 is 0.838 bits per heavy atom. The number of fused-ring (bicyclic) bond motifs is 2. The molecular formula is C29H37N3O5. The largest absolute Gasteiger partial charge is 0.478 e. The van der Waals surface area contributed by atoms with E-state index >= 15 is 0 Å². The normalized spacial score (nSPS) is 20.7. The van der Waals surface area contributed by atoms with E-state index in [1.807, 2.05) is 30.9 Å². The molecule has 0 unspecified atom stereocenters. The van der Waals surface area contributed by atoms with Gasteiger partial charge in [-0.2, -0.15) is 0 Å². The first-order chi connectivity index (χ1) is 17.7. The molecule has 0 aromatic heterocycles. The van der Waals surface area contributed by atoms with Gasteiger partial charge in [0.1, 0.15) is 0 Å². The second kappa shape index (κ2) is 13.1. The number of rotatable bonds is 8. The molecule has 198 valence electrons. The van der Waals surface area contributed by atoms with Crippen LogP contribution in [0.25, 0.3) is 0 Å². The van der Waals surface area contributed by atoms with Gasteiger partial charge in [-0.1, -0.05) is 18.2 Å². The van der Waals surface area contributed by atoms with Crippen molar-refractivity contribution in [2.45, 2.75) is 57.7 Å². The van der Waals surface area contributed by atoms with Crippen LogP contribution in [0.1, 0.15) is 49.9 Å². The monoisotopic (exact) mass is 507 g/mol. The van der Waals surface area contributed by atoms with Crippen LogP contribution in [-0.4, -0.2) is 76.1 Å². The van der Waals surface area contributed by atoms with Crippen molar-refractivity contribution in [1.82, 2.24) is 9.80 Å². The van der Waals surface area contributed by atoms with E-state index in [-0.39, 0.29) is 5.91 Å². The van der Waals surface area contributed by atoms with E-state index in [4.69, 9.17) is 10.2 Å². The zero-order valence-corrected chi connectivity index (χ0v) is 21.8. The summed E-state index contributed by atoms with van der Waals surface area (Å²) in [6, 6.07) is 20.8. The van der Waals surface area contributed by atoms with E-state index in [9.17, 15) is 14.4 Å². The molecule has 8 nitrogen and oxygen atoms in total. The second-order valence-electron chi connectivity index (χ2n) is 9.42. The molecule has 2 aromatic carbocycles. The number of amides is 1. The maximum atomic E-state index is 12.7. The number of carbonyl (C=O) groups is 3. The first-order valence-corrected chi connectivity index (χ1v) is 12.8. The SMILES string of the molecule is CCN(CC)C(=O)c1ccc(N(c2ccccc2)[C@H]2C[C@H]3CC[C@@H](C2)N3C)cc1.O=C(O)/C=C/C(=O)O. The summed E-state index contributed by atoms with van der Waals surface area (Å²) in [6.07, 6.45) is 6.14. The van der Waals surface area contributed by atoms with E-state index in [0.717, 1.165) is 18.7 Å². The van der Waals surface area contributed by atoms with Crippen LogP contribution >= 0.6 is 0 Å². The zero-order valence-electron chi connectivity index (χ0n) is 21.8. The molecule has 37 heavy (non-hydrogen) atoms. The third-order valence-electron chi connectivity index (χ3n) is 7.28. The molecule has 8 heteroatoms. The molecule has 2 fully saturated rings. The fourth-order valence-electron chi connectivity index (χ4n) is 5.35. The zero-order chi connectivity index (χ0) is 26.9. The molecule has 2 aliphatic rings. The van der Waals surface area contributed by atoms with E-state index in [2.05, 4.69) is 59.3 Å². The van der Waals surface area contributed by atoms with Gasteiger partial charge in [0.05, 0.1) is 0 Å². The third-order valence-corrected chi connectivity index (χ3v) is 7.28. The summed E-state index contributed by atoms with van der Waals surface area (Å²) < 4.78 is 0. The Labute approximate surface area is 218 Å². The number of anilines is 2. The molecule has 0 saturated carbocycles. The highest BCUT2D eigenvalue weighted by Gasteiger charge is 2.40. The molecular weight excluding hydrogens is 470 g/mol. The Hall–Kier alpha value is -3.65. The lowest BCUT2D eigenvalue weighted by molar-refractivity contribution is -0.134. The summed E-state index contributed by atoms with van der Waals surface area (Å²) >= 11 is 0. The molecule has 1 amide bonds. The molecule has 4 rings (SSSR count). The van der Waals surface area contributed by atoms with Gasteiger partial charge in [0.2, 0.25) is 0 Å². The Kier molecular flexibility index (Phi) is 9.85. The molecule has 0 aliphatic carbocycles. The maximum Gasteiger partial charge on any atom is 0.328 e. The van der Waals surface area contributed by atoms with Gasteiger partial charge >= 0.3 is 11.9 Å². The predicted molar refractivity (Wildman–Crippen MR) is 144 cm³/mol. The molecule has 3 atom stereocenters. The number of nitrogens with zero attached hydrogens (tertiary/aromatic N) is 3. The topological polar surface area (TPSA) is 101 Å².